The van der Waals surface area contributed by atoms with Crippen molar-refractivity contribution in [2.24, 2.45) is 0 Å². The molecule has 0 spiro atoms. The molecule has 1 rings (SSSR count). The minimum atomic E-state index is -0.866. The van der Waals surface area contributed by atoms with E-state index in [1.54, 1.807) is 13.0 Å². The van der Waals surface area contributed by atoms with Gasteiger partial charge in [-0.1, -0.05) is 17.7 Å². The van der Waals surface area contributed by atoms with Crippen LogP contribution in [0.1, 0.15) is 12.5 Å². The standard InChI is InChI=1S/C10H10ClFO2S/c1-6(10(13)14)15-5-7-2-3-8(11)9(12)4-7/h2-4,6H,5H2,1H3,(H,13,14). The maximum Gasteiger partial charge on any atom is 0.316 e. The van der Waals surface area contributed by atoms with Crippen LogP contribution in [0.4, 0.5) is 4.39 Å². The van der Waals surface area contributed by atoms with E-state index in [1.807, 2.05) is 0 Å². The molecule has 0 amide bonds. The van der Waals surface area contributed by atoms with E-state index in [9.17, 15) is 9.18 Å². The number of benzene rings is 1. The van der Waals surface area contributed by atoms with Crippen LogP contribution < -0.4 is 0 Å². The molecule has 1 unspecified atom stereocenters. The van der Waals surface area contributed by atoms with Crippen LogP contribution in [0.2, 0.25) is 5.02 Å². The smallest absolute Gasteiger partial charge is 0.316 e. The number of hydrogen-bond acceptors (Lipinski definition) is 2. The fourth-order valence-electron chi connectivity index (χ4n) is 0.922. The van der Waals surface area contributed by atoms with E-state index in [4.69, 9.17) is 16.7 Å². The summed E-state index contributed by atoms with van der Waals surface area (Å²) < 4.78 is 13.0. The average Bonchev–Trinajstić information content (AvgIpc) is 2.19. The summed E-state index contributed by atoms with van der Waals surface area (Å²) in [5, 5.41) is 8.22. The molecule has 0 heterocycles. The van der Waals surface area contributed by atoms with Crippen molar-refractivity contribution in [1.29, 1.82) is 0 Å². The number of carboxylic acid groups (broad SMARTS) is 1. The number of aliphatic carboxylic acids is 1. The molecule has 1 N–H and O–H groups in total. The summed E-state index contributed by atoms with van der Waals surface area (Å²) in [6.07, 6.45) is 0. The SMILES string of the molecule is CC(SCc1ccc(Cl)c(F)c1)C(=O)O. The summed E-state index contributed by atoms with van der Waals surface area (Å²) in [4.78, 5) is 10.5. The number of rotatable bonds is 4. The Hall–Kier alpha value is -0.740. The van der Waals surface area contributed by atoms with Gasteiger partial charge in [-0.25, -0.2) is 4.39 Å². The van der Waals surface area contributed by atoms with Crippen molar-refractivity contribution in [2.75, 3.05) is 0 Å². The maximum atomic E-state index is 13.0. The Kier molecular flexibility index (Phi) is 4.42. The fourth-order valence-corrected chi connectivity index (χ4v) is 1.80. The van der Waals surface area contributed by atoms with E-state index in [-0.39, 0.29) is 5.02 Å². The van der Waals surface area contributed by atoms with Crippen LogP contribution in [0, 0.1) is 5.82 Å². The molecule has 0 aromatic heterocycles. The Balaban J connectivity index is 2.58. The second kappa shape index (κ2) is 5.37. The average molecular weight is 249 g/mol. The molecule has 1 atom stereocenters. The quantitative estimate of drug-likeness (QED) is 0.889. The van der Waals surface area contributed by atoms with Crippen molar-refractivity contribution in [3.63, 3.8) is 0 Å². The Bertz CT molecular complexity index is 370. The van der Waals surface area contributed by atoms with Crippen LogP contribution in [0.5, 0.6) is 0 Å². The van der Waals surface area contributed by atoms with Crippen molar-refractivity contribution in [3.8, 4) is 0 Å². The molecule has 1 aromatic rings. The number of thioether (sulfide) groups is 1. The van der Waals surface area contributed by atoms with Gasteiger partial charge in [-0.05, 0) is 24.6 Å². The minimum absolute atomic E-state index is 0.0787. The number of carbonyl (C=O) groups is 1. The van der Waals surface area contributed by atoms with Gasteiger partial charge in [-0.2, -0.15) is 0 Å². The maximum absolute atomic E-state index is 13.0. The van der Waals surface area contributed by atoms with Crippen molar-refractivity contribution >= 4 is 29.3 Å². The molecule has 0 fully saturated rings. The zero-order valence-corrected chi connectivity index (χ0v) is 9.61. The van der Waals surface area contributed by atoms with Crippen molar-refractivity contribution in [3.05, 3.63) is 34.6 Å². The molecular formula is C10H10ClFO2S. The van der Waals surface area contributed by atoms with Crippen LogP contribution in [0.25, 0.3) is 0 Å². The molecule has 0 saturated carbocycles. The largest absolute Gasteiger partial charge is 0.480 e. The molecule has 15 heavy (non-hydrogen) atoms. The van der Waals surface area contributed by atoms with Crippen molar-refractivity contribution in [1.82, 2.24) is 0 Å². The van der Waals surface area contributed by atoms with Crippen LogP contribution in [0.15, 0.2) is 18.2 Å². The first kappa shape index (κ1) is 12.3. The Morgan fingerprint density at radius 1 is 1.67 bits per heavy atom. The summed E-state index contributed by atoms with van der Waals surface area (Å²) in [6, 6.07) is 4.48. The third kappa shape index (κ3) is 3.72. The highest BCUT2D eigenvalue weighted by Crippen LogP contribution is 2.21. The van der Waals surface area contributed by atoms with Crippen LogP contribution in [0.3, 0.4) is 0 Å². The van der Waals surface area contributed by atoms with E-state index >= 15 is 0 Å². The lowest BCUT2D eigenvalue weighted by Crippen LogP contribution is -2.11. The summed E-state index contributed by atoms with van der Waals surface area (Å²) in [5.41, 5.74) is 0.731. The first-order valence-electron chi connectivity index (χ1n) is 4.29. The van der Waals surface area contributed by atoms with Gasteiger partial charge in [0, 0.05) is 5.75 Å². The lowest BCUT2D eigenvalue weighted by atomic mass is 10.2. The molecular weight excluding hydrogens is 239 g/mol. The zero-order chi connectivity index (χ0) is 11.4. The Labute approximate surface area is 96.4 Å². The molecule has 5 heteroatoms. The van der Waals surface area contributed by atoms with Gasteiger partial charge >= 0.3 is 5.97 Å². The zero-order valence-electron chi connectivity index (χ0n) is 8.04. The van der Waals surface area contributed by atoms with Crippen LogP contribution in [-0.2, 0) is 10.5 Å². The Morgan fingerprint density at radius 3 is 2.87 bits per heavy atom. The number of carboxylic acids is 1. The van der Waals surface area contributed by atoms with Gasteiger partial charge < -0.3 is 5.11 Å². The predicted molar refractivity (Wildman–Crippen MR) is 59.8 cm³/mol. The fraction of sp³-hybridized carbons (Fsp3) is 0.300. The third-order valence-corrected chi connectivity index (χ3v) is 3.34. The van der Waals surface area contributed by atoms with E-state index in [0.717, 1.165) is 5.56 Å². The van der Waals surface area contributed by atoms with Crippen molar-refractivity contribution < 1.29 is 14.3 Å². The van der Waals surface area contributed by atoms with E-state index in [1.165, 1.54) is 23.9 Å². The molecule has 0 aliphatic rings. The van der Waals surface area contributed by atoms with Gasteiger partial charge in [0.15, 0.2) is 0 Å². The van der Waals surface area contributed by atoms with Gasteiger partial charge in [0.05, 0.1) is 10.3 Å². The lowest BCUT2D eigenvalue weighted by molar-refractivity contribution is -0.136. The molecule has 0 saturated heterocycles. The van der Waals surface area contributed by atoms with E-state index in [0.29, 0.717) is 5.75 Å². The molecule has 0 aliphatic carbocycles. The van der Waals surface area contributed by atoms with Gasteiger partial charge in [0.1, 0.15) is 5.82 Å². The molecule has 1 aromatic carbocycles. The normalized spacial score (nSPS) is 12.5. The molecule has 2 nitrogen and oxygen atoms in total. The van der Waals surface area contributed by atoms with Crippen LogP contribution >= 0.6 is 23.4 Å². The van der Waals surface area contributed by atoms with Crippen molar-refractivity contribution in [2.45, 2.75) is 17.9 Å². The first-order chi connectivity index (χ1) is 7.00. The van der Waals surface area contributed by atoms with Gasteiger partial charge in [0.25, 0.3) is 0 Å². The highest BCUT2D eigenvalue weighted by atomic mass is 35.5. The summed E-state index contributed by atoms with van der Waals surface area (Å²) in [6.45, 7) is 1.60. The van der Waals surface area contributed by atoms with Gasteiger partial charge in [-0.15, -0.1) is 11.8 Å². The predicted octanol–water partition coefficient (Wildman–Crippen LogP) is 3.19. The molecule has 0 aliphatic heterocycles. The lowest BCUT2D eigenvalue weighted by Gasteiger charge is -2.06. The topological polar surface area (TPSA) is 37.3 Å². The second-order valence-electron chi connectivity index (χ2n) is 3.04. The van der Waals surface area contributed by atoms with E-state index < -0.39 is 17.0 Å². The second-order valence-corrected chi connectivity index (χ2v) is 4.78. The first-order valence-corrected chi connectivity index (χ1v) is 5.71. The molecule has 0 radical (unpaired) electrons. The summed E-state index contributed by atoms with van der Waals surface area (Å²) >= 11 is 6.76. The van der Waals surface area contributed by atoms with Crippen LogP contribution in [-0.4, -0.2) is 16.3 Å². The highest BCUT2D eigenvalue weighted by molar-refractivity contribution is 7.99. The summed E-state index contributed by atoms with van der Waals surface area (Å²) in [7, 11) is 0. The van der Waals surface area contributed by atoms with E-state index in [2.05, 4.69) is 0 Å². The minimum Gasteiger partial charge on any atom is -0.480 e. The Morgan fingerprint density at radius 2 is 2.33 bits per heavy atom. The number of halogens is 2. The molecule has 0 bridgehead atoms. The monoisotopic (exact) mass is 248 g/mol. The van der Waals surface area contributed by atoms with Gasteiger partial charge in [-0.3, -0.25) is 4.79 Å². The molecule has 82 valence electrons. The van der Waals surface area contributed by atoms with Gasteiger partial charge in [0.2, 0.25) is 0 Å². The number of hydrogen-bond donors (Lipinski definition) is 1. The third-order valence-electron chi connectivity index (χ3n) is 1.83. The summed E-state index contributed by atoms with van der Waals surface area (Å²) in [5.74, 6) is -0.881. The highest BCUT2D eigenvalue weighted by Gasteiger charge is 2.11.